The zero-order valence-electron chi connectivity index (χ0n) is 20.5. The van der Waals surface area contributed by atoms with Crippen LogP contribution in [0.4, 0.5) is 11.4 Å². The summed E-state index contributed by atoms with van der Waals surface area (Å²) in [6, 6.07) is 13.7. The van der Waals surface area contributed by atoms with E-state index in [1.54, 1.807) is 80.9 Å². The largest absolute Gasteiger partial charge is 0.461 e. The minimum Gasteiger partial charge on any atom is -0.461 e. The summed E-state index contributed by atoms with van der Waals surface area (Å²) in [6.45, 7) is 14.8. The van der Waals surface area contributed by atoms with Gasteiger partial charge in [0.15, 0.2) is 0 Å². The average Bonchev–Trinajstić information content (AvgIpc) is 3.10. The number of nitrogens with zero attached hydrogens (tertiary/aromatic N) is 2. The minimum absolute atomic E-state index is 0.234. The van der Waals surface area contributed by atoms with Gasteiger partial charge in [-0.2, -0.15) is 0 Å². The number of nitrogens with one attached hydrogen (secondary N) is 1. The molecule has 3 aromatic rings. The number of esters is 1. The van der Waals surface area contributed by atoms with Crippen molar-refractivity contribution in [2.45, 2.75) is 39.4 Å². The van der Waals surface area contributed by atoms with E-state index in [-0.39, 0.29) is 6.61 Å². The quantitative estimate of drug-likeness (QED) is 0.294. The van der Waals surface area contributed by atoms with Crippen molar-refractivity contribution >= 4 is 27.4 Å². The van der Waals surface area contributed by atoms with E-state index in [1.165, 1.54) is 0 Å². The van der Waals surface area contributed by atoms with Crippen molar-refractivity contribution in [2.24, 2.45) is 7.05 Å². The molecule has 1 N–H and O–H groups in total. The van der Waals surface area contributed by atoms with E-state index >= 15 is 0 Å². The second kappa shape index (κ2) is 10.7. The summed E-state index contributed by atoms with van der Waals surface area (Å²) in [5.41, 5.74) is 3.17. The predicted molar refractivity (Wildman–Crippen MR) is 137 cm³/mol. The van der Waals surface area contributed by atoms with E-state index in [4.69, 9.17) is 16.0 Å². The number of hydrogen-bond acceptors (Lipinski definition) is 5. The topological polar surface area (TPSA) is 91.0 Å². The predicted octanol–water partition coefficient (Wildman–Crippen LogP) is 5.92. The Bertz CT molecular complexity index is 1370. The molecule has 3 rings (SSSR count). The number of rotatable bonds is 9. The number of hydrogen-bond donors (Lipinski definition) is 1. The van der Waals surface area contributed by atoms with E-state index in [0.29, 0.717) is 46.1 Å². The van der Waals surface area contributed by atoms with Crippen LogP contribution < -0.4 is 9.46 Å². The van der Waals surface area contributed by atoms with Gasteiger partial charge in [0.05, 0.1) is 24.1 Å². The molecule has 0 aliphatic rings. The van der Waals surface area contributed by atoms with E-state index < -0.39 is 21.2 Å². The Kier molecular flexibility index (Phi) is 7.87. The zero-order chi connectivity index (χ0) is 25.8. The van der Waals surface area contributed by atoms with Gasteiger partial charge in [-0.1, -0.05) is 25.1 Å². The van der Waals surface area contributed by atoms with E-state index in [1.807, 2.05) is 6.92 Å². The van der Waals surface area contributed by atoms with Gasteiger partial charge in [-0.05, 0) is 57.0 Å². The van der Waals surface area contributed by atoms with Crippen molar-refractivity contribution in [3.63, 3.8) is 0 Å². The first-order chi connectivity index (χ1) is 16.6. The third-order valence-corrected chi connectivity index (χ3v) is 7.26. The zero-order valence-corrected chi connectivity index (χ0v) is 21.3. The molecule has 0 spiro atoms. The molecule has 0 fully saturated rings. The van der Waals surface area contributed by atoms with Crippen LogP contribution in [0.25, 0.3) is 16.0 Å². The minimum atomic E-state index is -3.47. The molecule has 0 unspecified atom stereocenters. The van der Waals surface area contributed by atoms with Crippen LogP contribution in [0.15, 0.2) is 48.5 Å². The maximum Gasteiger partial charge on any atom is 0.354 e. The fourth-order valence-electron chi connectivity index (χ4n) is 3.69. The first-order valence-electron chi connectivity index (χ1n) is 11.3. The molecule has 0 atom stereocenters. The number of benzene rings is 2. The fourth-order valence-corrected chi connectivity index (χ4v) is 4.38. The number of ether oxygens (including phenoxy) is 2. The summed E-state index contributed by atoms with van der Waals surface area (Å²) in [6.07, 6.45) is 0.596. The molecule has 0 saturated carbocycles. The summed E-state index contributed by atoms with van der Waals surface area (Å²) in [5, 5.41) is -0.564. The third-order valence-electron chi connectivity index (χ3n) is 5.50. The fraction of sp³-hybridized carbons (Fsp3) is 0.308. The second-order valence-electron chi connectivity index (χ2n) is 8.11. The number of sulfonamides is 1. The monoisotopic (exact) mass is 495 g/mol. The third kappa shape index (κ3) is 5.49. The first kappa shape index (κ1) is 25.8. The SMILES string of the molecule is [C-]#[N+]c1c(-c2ccc(Oc3cccc(NS(=O)(=O)C(C)C)c3)cc2)c(C(=O)OCC)n(C)c1CC. The van der Waals surface area contributed by atoms with E-state index in [0.717, 1.165) is 5.69 Å². The Labute approximate surface area is 206 Å². The second-order valence-corrected chi connectivity index (χ2v) is 10.4. The highest BCUT2D eigenvalue weighted by atomic mass is 32.2. The lowest BCUT2D eigenvalue weighted by Crippen LogP contribution is -2.22. The Hall–Kier alpha value is -3.77. The van der Waals surface area contributed by atoms with Gasteiger partial charge >= 0.3 is 5.97 Å². The van der Waals surface area contributed by atoms with Crippen LogP contribution in [0.5, 0.6) is 11.5 Å². The van der Waals surface area contributed by atoms with Crippen molar-refractivity contribution in [1.82, 2.24) is 4.57 Å². The molecule has 0 amide bonds. The molecule has 1 aromatic heterocycles. The van der Waals surface area contributed by atoms with Crippen LogP contribution in [-0.4, -0.2) is 30.8 Å². The van der Waals surface area contributed by atoms with Crippen molar-refractivity contribution in [1.29, 1.82) is 0 Å². The highest BCUT2D eigenvalue weighted by Crippen LogP contribution is 2.40. The molecular weight excluding hydrogens is 466 g/mol. The van der Waals surface area contributed by atoms with Crippen molar-refractivity contribution in [3.05, 3.63) is 71.3 Å². The molecule has 9 heteroatoms. The van der Waals surface area contributed by atoms with Gasteiger partial charge in [0, 0.05) is 24.4 Å². The lowest BCUT2D eigenvalue weighted by atomic mass is 10.0. The van der Waals surface area contributed by atoms with Crippen molar-refractivity contribution in [2.75, 3.05) is 11.3 Å². The first-order valence-corrected chi connectivity index (χ1v) is 12.8. The lowest BCUT2D eigenvalue weighted by molar-refractivity contribution is 0.0516. The van der Waals surface area contributed by atoms with Crippen LogP contribution in [0.2, 0.25) is 0 Å². The number of carbonyl (C=O) groups is 1. The highest BCUT2D eigenvalue weighted by Gasteiger charge is 2.27. The molecule has 0 aliphatic heterocycles. The van der Waals surface area contributed by atoms with Gasteiger partial charge in [0.1, 0.15) is 17.2 Å². The van der Waals surface area contributed by atoms with Gasteiger partial charge in [-0.3, -0.25) is 4.72 Å². The number of carbonyl (C=O) groups excluding carboxylic acids is 1. The summed E-state index contributed by atoms with van der Waals surface area (Å²) < 4.78 is 39.7. The molecule has 35 heavy (non-hydrogen) atoms. The van der Waals surface area contributed by atoms with Crippen LogP contribution in [0, 0.1) is 6.57 Å². The average molecular weight is 496 g/mol. The summed E-state index contributed by atoms with van der Waals surface area (Å²) in [7, 11) is -1.71. The normalized spacial score (nSPS) is 11.2. The Balaban J connectivity index is 1.93. The van der Waals surface area contributed by atoms with Gasteiger partial charge in [-0.15, -0.1) is 0 Å². The lowest BCUT2D eigenvalue weighted by Gasteiger charge is -2.12. The summed E-state index contributed by atoms with van der Waals surface area (Å²) in [4.78, 5) is 16.4. The Morgan fingerprint density at radius 1 is 1.11 bits per heavy atom. The maximum atomic E-state index is 12.7. The van der Waals surface area contributed by atoms with Crippen LogP contribution in [-0.2, 0) is 28.2 Å². The molecular formula is C26H29N3O5S. The molecule has 0 bridgehead atoms. The van der Waals surface area contributed by atoms with Crippen LogP contribution in [0.3, 0.4) is 0 Å². The van der Waals surface area contributed by atoms with E-state index in [2.05, 4.69) is 9.57 Å². The standard InChI is InChI=1S/C26H29N3O5S/c1-7-22-24(27-5)23(25(29(22)6)26(30)33-8-2)18-12-14-20(15-13-18)34-21-11-9-10-19(16-21)28-35(31,32)17(3)4/h9-17,28H,7-8H2,1-4,6H3. The maximum absolute atomic E-state index is 12.7. The summed E-state index contributed by atoms with van der Waals surface area (Å²) in [5.74, 6) is 0.505. The van der Waals surface area contributed by atoms with Crippen molar-refractivity contribution in [3.8, 4) is 22.6 Å². The molecule has 1 heterocycles. The number of aromatic nitrogens is 1. The molecule has 184 valence electrons. The van der Waals surface area contributed by atoms with Gasteiger partial charge in [0.25, 0.3) is 0 Å². The molecule has 0 radical (unpaired) electrons. The van der Waals surface area contributed by atoms with Gasteiger partial charge < -0.3 is 14.0 Å². The molecule has 8 nitrogen and oxygen atoms in total. The number of anilines is 1. The molecule has 2 aromatic carbocycles. The van der Waals surface area contributed by atoms with Gasteiger partial charge in [0.2, 0.25) is 15.7 Å². The molecule has 0 saturated heterocycles. The van der Waals surface area contributed by atoms with Crippen LogP contribution in [0.1, 0.15) is 43.9 Å². The smallest absolute Gasteiger partial charge is 0.354 e. The molecule has 0 aliphatic carbocycles. The Morgan fingerprint density at radius 3 is 2.37 bits per heavy atom. The highest BCUT2D eigenvalue weighted by molar-refractivity contribution is 7.93. The van der Waals surface area contributed by atoms with Gasteiger partial charge in [-0.25, -0.2) is 18.1 Å². The van der Waals surface area contributed by atoms with Crippen LogP contribution >= 0.6 is 0 Å². The van der Waals surface area contributed by atoms with E-state index in [9.17, 15) is 13.2 Å². The summed E-state index contributed by atoms with van der Waals surface area (Å²) >= 11 is 0. The Morgan fingerprint density at radius 2 is 1.80 bits per heavy atom. The van der Waals surface area contributed by atoms with Crippen molar-refractivity contribution < 1.29 is 22.7 Å².